The van der Waals surface area contributed by atoms with Crippen LogP contribution in [0.15, 0.2) is 29.1 Å². The molecule has 0 amide bonds. The van der Waals surface area contributed by atoms with E-state index in [4.69, 9.17) is 0 Å². The molecule has 0 saturated carbocycles. The first-order valence-electron chi connectivity index (χ1n) is 10.6. The highest BCUT2D eigenvalue weighted by molar-refractivity contribution is 5.93. The van der Waals surface area contributed by atoms with Crippen LogP contribution in [-0.2, 0) is 0 Å². The van der Waals surface area contributed by atoms with Crippen molar-refractivity contribution in [1.82, 2.24) is 4.98 Å². The van der Waals surface area contributed by atoms with Gasteiger partial charge in [0, 0.05) is 30.2 Å². The van der Waals surface area contributed by atoms with E-state index in [0.29, 0.717) is 0 Å². The van der Waals surface area contributed by atoms with Crippen molar-refractivity contribution < 1.29 is 0 Å². The molecule has 26 heavy (non-hydrogen) atoms. The Kier molecular flexibility index (Phi) is 17.0. The van der Waals surface area contributed by atoms with Gasteiger partial charge in [-0.15, -0.1) is 0 Å². The van der Waals surface area contributed by atoms with Crippen molar-refractivity contribution in [3.63, 3.8) is 0 Å². The monoisotopic (exact) mass is 362 g/mol. The molecule has 3 nitrogen and oxygen atoms in total. The minimum absolute atomic E-state index is 0.0265. The lowest BCUT2D eigenvalue weighted by molar-refractivity contribution is 0.579. The number of hydrogen-bond acceptors (Lipinski definition) is 2. The van der Waals surface area contributed by atoms with E-state index in [2.05, 4.69) is 22.0 Å². The van der Waals surface area contributed by atoms with Crippen LogP contribution in [0.4, 0.5) is 5.69 Å². The smallest absolute Gasteiger partial charge is 0.248 e. The van der Waals surface area contributed by atoms with Crippen LogP contribution >= 0.6 is 0 Å². The Morgan fingerprint density at radius 2 is 1.31 bits per heavy atom. The van der Waals surface area contributed by atoms with Crippen LogP contribution in [0.25, 0.3) is 10.9 Å². The topological polar surface area (TPSA) is 36.1 Å². The van der Waals surface area contributed by atoms with E-state index < -0.39 is 0 Å². The predicted molar refractivity (Wildman–Crippen MR) is 121 cm³/mol. The number of rotatable bonds is 1. The molecule has 2 aromatic rings. The molecule has 2 heterocycles. The van der Waals surface area contributed by atoms with E-state index in [1.54, 1.807) is 6.07 Å². The zero-order chi connectivity index (χ0) is 20.5. The highest BCUT2D eigenvalue weighted by Gasteiger charge is 2.14. The molecule has 150 valence electrons. The Morgan fingerprint density at radius 3 is 1.85 bits per heavy atom. The molecule has 1 aromatic heterocycles. The van der Waals surface area contributed by atoms with Gasteiger partial charge in [-0.05, 0) is 43.9 Å². The Balaban J connectivity index is 0. The van der Waals surface area contributed by atoms with Crippen molar-refractivity contribution in [3.05, 3.63) is 40.2 Å². The van der Waals surface area contributed by atoms with Gasteiger partial charge in [0.25, 0.3) is 0 Å². The molecule has 1 N–H and O–H groups in total. The number of H-pyrrole nitrogens is 1. The van der Waals surface area contributed by atoms with E-state index in [1.165, 1.54) is 24.9 Å². The molecule has 1 aliphatic heterocycles. The lowest BCUT2D eigenvalue weighted by Gasteiger charge is -2.30. The molecule has 0 spiro atoms. The molecule has 0 atom stereocenters. The number of hydrogen-bond donors (Lipinski definition) is 1. The third-order valence-electron chi connectivity index (χ3n) is 3.78. The van der Waals surface area contributed by atoms with Gasteiger partial charge in [0.2, 0.25) is 5.56 Å². The number of piperidine rings is 1. The molecule has 0 bridgehead atoms. The van der Waals surface area contributed by atoms with Crippen molar-refractivity contribution in [2.24, 2.45) is 0 Å². The van der Waals surface area contributed by atoms with E-state index in [-0.39, 0.29) is 5.56 Å². The lowest BCUT2D eigenvalue weighted by atomic mass is 10.1. The number of fused-ring (bicyclic) bond motifs is 1. The normalized spacial score (nSPS) is 12.1. The van der Waals surface area contributed by atoms with Crippen LogP contribution in [0.1, 0.15) is 80.2 Å². The Hall–Kier alpha value is -1.77. The fourth-order valence-electron chi connectivity index (χ4n) is 2.79. The van der Waals surface area contributed by atoms with E-state index in [9.17, 15) is 4.79 Å². The summed E-state index contributed by atoms with van der Waals surface area (Å²) in [6.45, 7) is 20.3. The molecule has 0 unspecified atom stereocenters. The highest BCUT2D eigenvalue weighted by atomic mass is 16.1. The van der Waals surface area contributed by atoms with Crippen LogP contribution < -0.4 is 10.5 Å². The van der Waals surface area contributed by atoms with Gasteiger partial charge in [-0.25, -0.2) is 0 Å². The van der Waals surface area contributed by atoms with Crippen molar-refractivity contribution in [2.45, 2.75) is 81.6 Å². The van der Waals surface area contributed by atoms with Gasteiger partial charge in [-0.3, -0.25) is 4.79 Å². The number of anilines is 1. The Labute approximate surface area is 161 Å². The van der Waals surface area contributed by atoms with Crippen LogP contribution in [0.3, 0.4) is 0 Å². The third-order valence-corrected chi connectivity index (χ3v) is 3.78. The summed E-state index contributed by atoms with van der Waals surface area (Å²) in [5.74, 6) is 0. The summed E-state index contributed by atoms with van der Waals surface area (Å²) in [6, 6.07) is 7.85. The zero-order valence-corrected chi connectivity index (χ0v) is 18.7. The quantitative estimate of drug-likeness (QED) is 0.597. The molecule has 0 aliphatic carbocycles. The predicted octanol–water partition coefficient (Wildman–Crippen LogP) is 6.93. The number of benzene rings is 1. The summed E-state index contributed by atoms with van der Waals surface area (Å²) in [5, 5.41) is 1.16. The van der Waals surface area contributed by atoms with E-state index in [0.717, 1.165) is 29.6 Å². The summed E-state index contributed by atoms with van der Waals surface area (Å²) in [6.07, 6.45) is 3.86. The van der Waals surface area contributed by atoms with Crippen molar-refractivity contribution >= 4 is 16.6 Å². The van der Waals surface area contributed by atoms with Crippen molar-refractivity contribution in [2.75, 3.05) is 18.0 Å². The van der Waals surface area contributed by atoms with Crippen LogP contribution in [-0.4, -0.2) is 18.1 Å². The standard InChI is InChI=1S/C15H18N2O.4C2H6/c1-11-5-7-13(17-9-3-2-4-10-17)12-6-8-14(18)16-15(11)12;4*1-2/h5-8H,2-4,9-10H2,1H3,(H,16,18);4*1-2H3. The molecule has 1 saturated heterocycles. The average molecular weight is 363 g/mol. The molecule has 1 aliphatic rings. The lowest BCUT2D eigenvalue weighted by Crippen LogP contribution is -2.29. The van der Waals surface area contributed by atoms with Crippen LogP contribution in [0, 0.1) is 6.92 Å². The molecular formula is C23H42N2O. The van der Waals surface area contributed by atoms with Gasteiger partial charge in [0.1, 0.15) is 0 Å². The number of aromatic amines is 1. The molecule has 1 aromatic carbocycles. The van der Waals surface area contributed by atoms with Gasteiger partial charge in [-0.1, -0.05) is 61.5 Å². The number of nitrogens with zero attached hydrogens (tertiary/aromatic N) is 1. The summed E-state index contributed by atoms with van der Waals surface area (Å²) in [4.78, 5) is 16.8. The van der Waals surface area contributed by atoms with E-state index in [1.807, 2.05) is 68.4 Å². The summed E-state index contributed by atoms with van der Waals surface area (Å²) < 4.78 is 0. The molecule has 0 radical (unpaired) electrons. The van der Waals surface area contributed by atoms with Crippen LogP contribution in [0.2, 0.25) is 0 Å². The second kappa shape index (κ2) is 16.7. The minimum atomic E-state index is -0.0265. The molecular weight excluding hydrogens is 320 g/mol. The molecule has 1 fully saturated rings. The fourth-order valence-corrected chi connectivity index (χ4v) is 2.79. The number of aryl methyl sites for hydroxylation is 1. The largest absolute Gasteiger partial charge is 0.371 e. The zero-order valence-electron chi connectivity index (χ0n) is 18.7. The number of pyridine rings is 1. The molecule has 3 heteroatoms. The minimum Gasteiger partial charge on any atom is -0.371 e. The van der Waals surface area contributed by atoms with Gasteiger partial charge in [0.15, 0.2) is 0 Å². The fraction of sp³-hybridized carbons (Fsp3) is 0.609. The first-order chi connectivity index (χ1) is 12.8. The SMILES string of the molecule is CC.CC.CC.CC.Cc1ccc(N2CCCCC2)c2ccc(=O)[nH]c12. The van der Waals surface area contributed by atoms with Crippen LogP contribution in [0.5, 0.6) is 0 Å². The molecule has 3 rings (SSSR count). The average Bonchev–Trinajstić information content (AvgIpc) is 2.75. The third kappa shape index (κ3) is 7.63. The van der Waals surface area contributed by atoms with Crippen molar-refractivity contribution in [3.8, 4) is 0 Å². The Morgan fingerprint density at radius 1 is 0.769 bits per heavy atom. The highest BCUT2D eigenvalue weighted by Crippen LogP contribution is 2.29. The summed E-state index contributed by atoms with van der Waals surface area (Å²) >= 11 is 0. The maximum atomic E-state index is 11.5. The van der Waals surface area contributed by atoms with Crippen molar-refractivity contribution in [1.29, 1.82) is 0 Å². The summed E-state index contributed by atoms with van der Waals surface area (Å²) in [7, 11) is 0. The van der Waals surface area contributed by atoms with Gasteiger partial charge >= 0.3 is 0 Å². The number of aromatic nitrogens is 1. The maximum Gasteiger partial charge on any atom is 0.248 e. The van der Waals surface area contributed by atoms with Gasteiger partial charge in [0.05, 0.1) is 5.52 Å². The summed E-state index contributed by atoms with van der Waals surface area (Å²) in [5.41, 5.74) is 3.34. The van der Waals surface area contributed by atoms with Gasteiger partial charge < -0.3 is 9.88 Å². The first-order valence-corrected chi connectivity index (χ1v) is 10.6. The number of nitrogens with one attached hydrogen (secondary N) is 1. The first kappa shape index (κ1) is 26.5. The Bertz CT molecular complexity index is 626. The second-order valence-corrected chi connectivity index (χ2v) is 5.06. The maximum absolute atomic E-state index is 11.5. The second-order valence-electron chi connectivity index (χ2n) is 5.06. The van der Waals surface area contributed by atoms with Gasteiger partial charge in [-0.2, -0.15) is 0 Å². The van der Waals surface area contributed by atoms with E-state index >= 15 is 0 Å².